The summed E-state index contributed by atoms with van der Waals surface area (Å²) < 4.78 is 1.07. The Balaban J connectivity index is 2.13. The minimum atomic E-state index is 0.558. The van der Waals surface area contributed by atoms with Gasteiger partial charge in [0.05, 0.1) is 0 Å². The van der Waals surface area contributed by atoms with E-state index in [0.29, 0.717) is 6.54 Å². The maximum atomic E-state index is 5.67. The number of anilines is 1. The third-order valence-electron chi connectivity index (χ3n) is 3.24. The van der Waals surface area contributed by atoms with E-state index in [1.54, 1.807) is 0 Å². The third-order valence-corrected chi connectivity index (χ3v) is 3.98. The lowest BCUT2D eigenvalue weighted by Crippen LogP contribution is -2.16. The van der Waals surface area contributed by atoms with Gasteiger partial charge in [-0.15, -0.1) is 0 Å². The molecule has 19 heavy (non-hydrogen) atoms. The first-order valence-corrected chi connectivity index (χ1v) is 7.14. The zero-order chi connectivity index (χ0) is 13.8. The normalized spacial score (nSPS) is 10.5. The highest BCUT2D eigenvalue weighted by molar-refractivity contribution is 9.10. The molecule has 0 heterocycles. The maximum absolute atomic E-state index is 5.67. The molecule has 0 aliphatic rings. The molecule has 0 aliphatic heterocycles. The van der Waals surface area contributed by atoms with E-state index in [4.69, 9.17) is 5.73 Å². The van der Waals surface area contributed by atoms with Gasteiger partial charge in [-0.05, 0) is 30.2 Å². The number of hydrogen-bond acceptors (Lipinski definition) is 2. The summed E-state index contributed by atoms with van der Waals surface area (Å²) in [7, 11) is 2.10. The molecule has 100 valence electrons. The van der Waals surface area contributed by atoms with Crippen LogP contribution in [0.4, 0.5) is 5.69 Å². The molecule has 0 bridgehead atoms. The average Bonchev–Trinajstić information content (AvgIpc) is 2.41. The fraction of sp³-hybridized carbons (Fsp3) is 0.250. The highest BCUT2D eigenvalue weighted by atomic mass is 79.9. The van der Waals surface area contributed by atoms with Crippen LogP contribution in [0.3, 0.4) is 0 Å². The Morgan fingerprint density at radius 3 is 2.37 bits per heavy atom. The molecule has 2 nitrogen and oxygen atoms in total. The Morgan fingerprint density at radius 2 is 1.79 bits per heavy atom. The molecule has 0 atom stereocenters. The minimum Gasteiger partial charge on any atom is -0.370 e. The summed E-state index contributed by atoms with van der Waals surface area (Å²) >= 11 is 3.56. The molecule has 2 aromatic rings. The van der Waals surface area contributed by atoms with Gasteiger partial charge in [0.1, 0.15) is 0 Å². The van der Waals surface area contributed by atoms with E-state index in [1.165, 1.54) is 16.8 Å². The molecule has 2 rings (SSSR count). The van der Waals surface area contributed by atoms with Crippen LogP contribution in [0, 0.1) is 6.92 Å². The summed E-state index contributed by atoms with van der Waals surface area (Å²) in [5, 5.41) is 0. The van der Waals surface area contributed by atoms with Gasteiger partial charge >= 0.3 is 0 Å². The molecule has 2 N–H and O–H groups in total. The van der Waals surface area contributed by atoms with Gasteiger partial charge in [-0.1, -0.05) is 51.8 Å². The quantitative estimate of drug-likeness (QED) is 0.927. The predicted octanol–water partition coefficient (Wildman–Crippen LogP) is 3.85. The van der Waals surface area contributed by atoms with Crippen LogP contribution < -0.4 is 10.6 Å². The molecule has 2 aromatic carbocycles. The van der Waals surface area contributed by atoms with Crippen molar-refractivity contribution in [3.63, 3.8) is 0 Å². The first kappa shape index (κ1) is 14.1. The van der Waals surface area contributed by atoms with Crippen molar-refractivity contribution in [1.29, 1.82) is 0 Å². The molecule has 0 radical (unpaired) electrons. The number of nitrogens with two attached hydrogens (primary N) is 1. The molecular weight excluding hydrogens is 300 g/mol. The van der Waals surface area contributed by atoms with Gasteiger partial charge in [0.15, 0.2) is 0 Å². The van der Waals surface area contributed by atoms with Crippen LogP contribution in [0.25, 0.3) is 0 Å². The van der Waals surface area contributed by atoms with E-state index < -0.39 is 0 Å². The van der Waals surface area contributed by atoms with Gasteiger partial charge < -0.3 is 10.6 Å². The van der Waals surface area contributed by atoms with Gasteiger partial charge in [-0.25, -0.2) is 0 Å². The van der Waals surface area contributed by atoms with E-state index >= 15 is 0 Å². The SMILES string of the molecule is Cc1ccc(CN(C)c2ccc(CN)c(Br)c2)cc1. The lowest BCUT2D eigenvalue weighted by molar-refractivity contribution is 0.919. The highest BCUT2D eigenvalue weighted by Crippen LogP contribution is 2.24. The van der Waals surface area contributed by atoms with E-state index in [0.717, 1.165) is 16.6 Å². The Labute approximate surface area is 123 Å². The van der Waals surface area contributed by atoms with E-state index in [1.807, 2.05) is 0 Å². The van der Waals surface area contributed by atoms with Gasteiger partial charge in [-0.2, -0.15) is 0 Å². The molecular formula is C16H19BrN2. The summed E-state index contributed by atoms with van der Waals surface area (Å²) in [5.41, 5.74) is 10.6. The molecule has 0 fully saturated rings. The van der Waals surface area contributed by atoms with Crippen molar-refractivity contribution in [3.05, 3.63) is 63.6 Å². The second-order valence-corrected chi connectivity index (χ2v) is 5.68. The topological polar surface area (TPSA) is 29.3 Å². The first-order chi connectivity index (χ1) is 9.10. The number of halogens is 1. The van der Waals surface area contributed by atoms with Crippen LogP contribution in [0.15, 0.2) is 46.9 Å². The Hall–Kier alpha value is -1.32. The number of hydrogen-bond donors (Lipinski definition) is 1. The fourth-order valence-electron chi connectivity index (χ4n) is 2.00. The van der Waals surface area contributed by atoms with Crippen molar-refractivity contribution in [3.8, 4) is 0 Å². The zero-order valence-corrected chi connectivity index (χ0v) is 12.9. The molecule has 0 amide bonds. The predicted molar refractivity (Wildman–Crippen MR) is 85.3 cm³/mol. The molecule has 0 aromatic heterocycles. The first-order valence-electron chi connectivity index (χ1n) is 6.35. The van der Waals surface area contributed by atoms with Gasteiger partial charge in [0, 0.05) is 30.3 Å². The lowest BCUT2D eigenvalue weighted by Gasteiger charge is -2.20. The maximum Gasteiger partial charge on any atom is 0.0426 e. The van der Waals surface area contributed by atoms with E-state index in [2.05, 4.69) is 77.3 Å². The zero-order valence-electron chi connectivity index (χ0n) is 11.4. The van der Waals surface area contributed by atoms with Crippen molar-refractivity contribution in [2.75, 3.05) is 11.9 Å². The van der Waals surface area contributed by atoms with Crippen LogP contribution in [0.1, 0.15) is 16.7 Å². The largest absolute Gasteiger partial charge is 0.370 e. The Morgan fingerprint density at radius 1 is 1.11 bits per heavy atom. The highest BCUT2D eigenvalue weighted by Gasteiger charge is 2.05. The summed E-state index contributed by atoms with van der Waals surface area (Å²) in [6, 6.07) is 15.0. The van der Waals surface area contributed by atoms with Crippen molar-refractivity contribution in [2.45, 2.75) is 20.0 Å². The minimum absolute atomic E-state index is 0.558. The van der Waals surface area contributed by atoms with Crippen molar-refractivity contribution in [2.24, 2.45) is 5.73 Å². The number of rotatable bonds is 4. The molecule has 3 heteroatoms. The summed E-state index contributed by atoms with van der Waals surface area (Å²) in [5.74, 6) is 0. The average molecular weight is 319 g/mol. The molecule has 0 saturated heterocycles. The Kier molecular flexibility index (Phi) is 4.61. The second-order valence-electron chi connectivity index (χ2n) is 4.82. The van der Waals surface area contributed by atoms with Gasteiger partial charge in [-0.3, -0.25) is 0 Å². The van der Waals surface area contributed by atoms with Gasteiger partial charge in [0.25, 0.3) is 0 Å². The lowest BCUT2D eigenvalue weighted by atomic mass is 10.1. The summed E-state index contributed by atoms with van der Waals surface area (Å²) in [6.07, 6.45) is 0. The fourth-order valence-corrected chi connectivity index (χ4v) is 2.53. The van der Waals surface area contributed by atoms with Crippen LogP contribution >= 0.6 is 15.9 Å². The van der Waals surface area contributed by atoms with Crippen molar-refractivity contribution < 1.29 is 0 Å². The van der Waals surface area contributed by atoms with Crippen LogP contribution in [0.5, 0.6) is 0 Å². The smallest absolute Gasteiger partial charge is 0.0426 e. The van der Waals surface area contributed by atoms with E-state index in [9.17, 15) is 0 Å². The Bertz CT molecular complexity index is 549. The number of aryl methyl sites for hydroxylation is 1. The molecule has 0 unspecified atom stereocenters. The molecule has 0 saturated carbocycles. The number of benzene rings is 2. The molecule has 0 spiro atoms. The van der Waals surface area contributed by atoms with Gasteiger partial charge in [0.2, 0.25) is 0 Å². The number of nitrogens with zero attached hydrogens (tertiary/aromatic N) is 1. The van der Waals surface area contributed by atoms with Crippen LogP contribution in [-0.2, 0) is 13.1 Å². The summed E-state index contributed by atoms with van der Waals surface area (Å²) in [4.78, 5) is 2.23. The second kappa shape index (κ2) is 6.22. The third kappa shape index (κ3) is 3.58. The standard InChI is InChI=1S/C16H19BrN2/c1-12-3-5-13(6-4-12)11-19(2)15-8-7-14(10-18)16(17)9-15/h3-9H,10-11,18H2,1-2H3. The van der Waals surface area contributed by atoms with Crippen LogP contribution in [0.2, 0.25) is 0 Å². The van der Waals surface area contributed by atoms with E-state index in [-0.39, 0.29) is 0 Å². The van der Waals surface area contributed by atoms with Crippen LogP contribution in [-0.4, -0.2) is 7.05 Å². The monoisotopic (exact) mass is 318 g/mol. The van der Waals surface area contributed by atoms with Crippen molar-refractivity contribution >= 4 is 21.6 Å². The molecule has 0 aliphatic carbocycles. The summed E-state index contributed by atoms with van der Waals surface area (Å²) in [6.45, 7) is 3.56. The van der Waals surface area contributed by atoms with Crippen molar-refractivity contribution in [1.82, 2.24) is 0 Å².